The molecule has 2 heteroatoms. The maximum Gasteiger partial charge on any atom is 0.0355 e. The monoisotopic (exact) mass is 674 g/mol. The standard InChI is InChI=1S/C48H34S2/c1-47(2)37-19-17-27-11-5-7-13-29(27)43(37)35-23-31-33(25-39(35)47)45(41-15-9-21-49-41)32-24-36-40(26-34(32)46(31)42-16-10-22-50-42)48(3,4)38-20-18-28-12-6-8-14-30(28)44(36)38/h5-26H,1-4H3. The average Bonchev–Trinajstić information content (AvgIpc) is 3.93. The average molecular weight is 675 g/mol. The molecule has 0 atom stereocenters. The van der Waals surface area contributed by atoms with E-state index in [0.29, 0.717) is 0 Å². The summed E-state index contributed by atoms with van der Waals surface area (Å²) in [7, 11) is 0. The molecule has 7 aromatic carbocycles. The lowest BCUT2D eigenvalue weighted by molar-refractivity contribution is 0.661. The molecule has 2 aliphatic rings. The molecule has 0 saturated heterocycles. The Morgan fingerprint density at radius 2 is 0.780 bits per heavy atom. The molecule has 0 saturated carbocycles. The van der Waals surface area contributed by atoms with Crippen LogP contribution in [0.1, 0.15) is 49.9 Å². The second kappa shape index (κ2) is 9.82. The van der Waals surface area contributed by atoms with Crippen molar-refractivity contribution in [2.24, 2.45) is 0 Å². The van der Waals surface area contributed by atoms with Crippen molar-refractivity contribution in [3.05, 3.63) is 154 Å². The lowest BCUT2D eigenvalue weighted by Crippen LogP contribution is -2.15. The molecule has 11 rings (SSSR count). The lowest BCUT2D eigenvalue weighted by Gasteiger charge is -2.25. The molecule has 0 amide bonds. The van der Waals surface area contributed by atoms with E-state index in [2.05, 4.69) is 160 Å². The number of hydrogen-bond donors (Lipinski definition) is 0. The van der Waals surface area contributed by atoms with E-state index in [1.165, 1.54) is 108 Å². The highest BCUT2D eigenvalue weighted by atomic mass is 32.1. The van der Waals surface area contributed by atoms with Crippen molar-refractivity contribution in [2.75, 3.05) is 0 Å². The fraction of sp³-hybridized carbons (Fsp3) is 0.125. The van der Waals surface area contributed by atoms with Crippen molar-refractivity contribution in [1.82, 2.24) is 0 Å². The van der Waals surface area contributed by atoms with E-state index in [1.807, 2.05) is 22.7 Å². The van der Waals surface area contributed by atoms with Crippen LogP contribution in [0.4, 0.5) is 0 Å². The number of thiophene rings is 2. The van der Waals surface area contributed by atoms with Crippen LogP contribution in [0, 0.1) is 0 Å². The predicted octanol–water partition coefficient (Wildman–Crippen LogP) is 14.4. The Morgan fingerprint density at radius 3 is 1.20 bits per heavy atom. The SMILES string of the molecule is CC1(C)c2cc3c(-c4cccs4)c4cc5c(cc4c(-c4cccs4)c3cc2-c2c1ccc1ccccc21)C(C)(C)c1ccc2ccccc2c1-5. The first kappa shape index (κ1) is 28.8. The van der Waals surface area contributed by atoms with Crippen molar-refractivity contribution >= 4 is 65.8 Å². The normalized spacial score (nSPS) is 15.1. The van der Waals surface area contributed by atoms with Gasteiger partial charge in [-0.1, -0.05) is 113 Å². The van der Waals surface area contributed by atoms with Crippen LogP contribution >= 0.6 is 22.7 Å². The van der Waals surface area contributed by atoms with Crippen LogP contribution in [0.3, 0.4) is 0 Å². The fourth-order valence-corrected chi connectivity index (χ4v) is 11.2. The third-order valence-electron chi connectivity index (χ3n) is 12.0. The number of benzene rings is 7. The van der Waals surface area contributed by atoms with Crippen molar-refractivity contribution in [2.45, 2.75) is 38.5 Å². The van der Waals surface area contributed by atoms with Gasteiger partial charge >= 0.3 is 0 Å². The summed E-state index contributed by atoms with van der Waals surface area (Å²) in [6, 6.07) is 46.6. The number of hydrogen-bond acceptors (Lipinski definition) is 2. The molecule has 2 aromatic heterocycles. The van der Waals surface area contributed by atoms with Gasteiger partial charge in [-0.15, -0.1) is 22.7 Å². The van der Waals surface area contributed by atoms with Gasteiger partial charge in [0.25, 0.3) is 0 Å². The van der Waals surface area contributed by atoms with Gasteiger partial charge in [-0.25, -0.2) is 0 Å². The van der Waals surface area contributed by atoms with Crippen molar-refractivity contribution in [3.8, 4) is 43.1 Å². The lowest BCUT2D eigenvalue weighted by atomic mass is 9.79. The van der Waals surface area contributed by atoms with Crippen LogP contribution < -0.4 is 0 Å². The van der Waals surface area contributed by atoms with Crippen molar-refractivity contribution in [1.29, 1.82) is 0 Å². The first-order valence-corrected chi connectivity index (χ1v) is 19.3. The summed E-state index contributed by atoms with van der Waals surface area (Å²) in [4.78, 5) is 2.65. The van der Waals surface area contributed by atoms with Crippen molar-refractivity contribution < 1.29 is 0 Å². The van der Waals surface area contributed by atoms with Gasteiger partial charge in [0.1, 0.15) is 0 Å². The largest absolute Gasteiger partial charge is 0.144 e. The van der Waals surface area contributed by atoms with E-state index in [4.69, 9.17) is 0 Å². The summed E-state index contributed by atoms with van der Waals surface area (Å²) in [6.45, 7) is 9.67. The zero-order chi connectivity index (χ0) is 33.5. The van der Waals surface area contributed by atoms with Crippen LogP contribution in [-0.4, -0.2) is 0 Å². The Balaban J connectivity index is 1.35. The van der Waals surface area contributed by atoms with Gasteiger partial charge in [0.05, 0.1) is 0 Å². The smallest absolute Gasteiger partial charge is 0.0355 e. The molecule has 2 aliphatic carbocycles. The molecule has 0 bridgehead atoms. The Bertz CT molecular complexity index is 2700. The Labute approximate surface area is 300 Å². The third kappa shape index (κ3) is 3.60. The van der Waals surface area contributed by atoms with Gasteiger partial charge in [-0.2, -0.15) is 0 Å². The Kier molecular flexibility index (Phi) is 5.65. The van der Waals surface area contributed by atoms with E-state index in [-0.39, 0.29) is 10.8 Å². The molecule has 0 N–H and O–H groups in total. The molecule has 0 fully saturated rings. The molecule has 0 nitrogen and oxygen atoms in total. The van der Waals surface area contributed by atoms with Gasteiger partial charge in [0.2, 0.25) is 0 Å². The zero-order valence-electron chi connectivity index (χ0n) is 28.5. The highest BCUT2D eigenvalue weighted by molar-refractivity contribution is 7.14. The zero-order valence-corrected chi connectivity index (χ0v) is 30.2. The van der Waals surface area contributed by atoms with E-state index in [0.717, 1.165) is 0 Å². The summed E-state index contributed by atoms with van der Waals surface area (Å²) in [5, 5.41) is 15.2. The van der Waals surface area contributed by atoms with Crippen LogP contribution in [0.15, 0.2) is 132 Å². The van der Waals surface area contributed by atoms with E-state index >= 15 is 0 Å². The fourth-order valence-electron chi connectivity index (χ4n) is 9.59. The topological polar surface area (TPSA) is 0 Å². The van der Waals surface area contributed by atoms with Gasteiger partial charge < -0.3 is 0 Å². The molecular weight excluding hydrogens is 641 g/mol. The maximum absolute atomic E-state index is 2.57. The highest BCUT2D eigenvalue weighted by Crippen LogP contribution is 2.58. The molecule has 2 heterocycles. The second-order valence-corrected chi connectivity index (χ2v) is 17.2. The Morgan fingerprint density at radius 1 is 0.360 bits per heavy atom. The summed E-state index contributed by atoms with van der Waals surface area (Å²) in [6.07, 6.45) is 0. The maximum atomic E-state index is 2.57. The molecule has 0 spiro atoms. The van der Waals surface area contributed by atoms with Crippen LogP contribution in [0.5, 0.6) is 0 Å². The van der Waals surface area contributed by atoms with Crippen LogP contribution in [0.2, 0.25) is 0 Å². The first-order chi connectivity index (χ1) is 24.3. The van der Waals surface area contributed by atoms with E-state index < -0.39 is 0 Å². The number of rotatable bonds is 2. The third-order valence-corrected chi connectivity index (χ3v) is 13.8. The molecule has 0 radical (unpaired) electrons. The summed E-state index contributed by atoms with van der Waals surface area (Å²) >= 11 is 3.71. The molecule has 0 aliphatic heterocycles. The van der Waals surface area contributed by atoms with E-state index in [1.54, 1.807) is 0 Å². The summed E-state index contributed by atoms with van der Waals surface area (Å²) in [5.74, 6) is 0. The minimum absolute atomic E-state index is 0.118. The van der Waals surface area contributed by atoms with Crippen molar-refractivity contribution in [3.63, 3.8) is 0 Å². The van der Waals surface area contributed by atoms with E-state index in [9.17, 15) is 0 Å². The number of fused-ring (bicyclic) bond motifs is 12. The molecule has 0 unspecified atom stereocenters. The second-order valence-electron chi connectivity index (χ2n) is 15.3. The predicted molar refractivity (Wildman–Crippen MR) is 218 cm³/mol. The van der Waals surface area contributed by atoms with Gasteiger partial charge in [-0.3, -0.25) is 0 Å². The van der Waals surface area contributed by atoms with Crippen LogP contribution in [-0.2, 0) is 10.8 Å². The van der Waals surface area contributed by atoms with Gasteiger partial charge in [0, 0.05) is 31.7 Å². The summed E-state index contributed by atoms with van der Waals surface area (Å²) in [5.41, 5.74) is 13.7. The minimum Gasteiger partial charge on any atom is -0.144 e. The van der Waals surface area contributed by atoms with Gasteiger partial charge in [0.15, 0.2) is 0 Å². The molecular formula is C48H34S2. The molecule has 9 aromatic rings. The Hall–Kier alpha value is -5.02. The first-order valence-electron chi connectivity index (χ1n) is 17.6. The minimum atomic E-state index is -0.118. The van der Waals surface area contributed by atoms with Gasteiger partial charge in [-0.05, 0) is 135 Å². The summed E-state index contributed by atoms with van der Waals surface area (Å²) < 4.78 is 0. The molecule has 238 valence electrons. The quantitative estimate of drug-likeness (QED) is 0.160. The highest BCUT2D eigenvalue weighted by Gasteiger charge is 2.39. The molecule has 50 heavy (non-hydrogen) atoms. The van der Waals surface area contributed by atoms with Crippen LogP contribution in [0.25, 0.3) is 86.2 Å².